The molecule has 1 N–H and O–H groups in total. The van der Waals surface area contributed by atoms with Crippen LogP contribution in [0, 0.1) is 6.07 Å². The summed E-state index contributed by atoms with van der Waals surface area (Å²) in [6.07, 6.45) is 0. The molecule has 22 heavy (non-hydrogen) atoms. The lowest BCUT2D eigenvalue weighted by Crippen LogP contribution is -2.51. The van der Waals surface area contributed by atoms with Crippen LogP contribution >= 0.6 is 0 Å². The molecule has 1 saturated heterocycles. The van der Waals surface area contributed by atoms with Crippen LogP contribution in [0.15, 0.2) is 54.6 Å². The lowest BCUT2D eigenvalue weighted by molar-refractivity contribution is 0.196. The summed E-state index contributed by atoms with van der Waals surface area (Å²) in [6, 6.07) is 20.9. The zero-order valence-corrected chi connectivity index (χ0v) is 12.5. The largest absolute Gasteiger partial charge is 0.324 e. The van der Waals surface area contributed by atoms with E-state index in [4.69, 9.17) is 0 Å². The van der Waals surface area contributed by atoms with E-state index in [1.807, 2.05) is 59.5 Å². The van der Waals surface area contributed by atoms with Gasteiger partial charge in [0.15, 0.2) is 0 Å². The second-order valence-corrected chi connectivity index (χ2v) is 5.34. The Morgan fingerprint density at radius 1 is 1.09 bits per heavy atom. The van der Waals surface area contributed by atoms with E-state index in [-0.39, 0.29) is 6.03 Å². The summed E-state index contributed by atoms with van der Waals surface area (Å²) in [5, 5.41) is 3.28. The smallest absolute Gasteiger partial charge is 0.322 e. The minimum absolute atomic E-state index is 0.0489. The normalized spacial score (nSPS) is 14.6. The van der Waals surface area contributed by atoms with Gasteiger partial charge in [-0.25, -0.2) is 4.79 Å². The van der Waals surface area contributed by atoms with Gasteiger partial charge in [0.2, 0.25) is 0 Å². The predicted molar refractivity (Wildman–Crippen MR) is 87.7 cm³/mol. The van der Waals surface area contributed by atoms with Crippen LogP contribution in [0.1, 0.15) is 5.56 Å². The van der Waals surface area contributed by atoms with E-state index in [0.29, 0.717) is 6.54 Å². The van der Waals surface area contributed by atoms with E-state index in [9.17, 15) is 4.79 Å². The standard InChI is InChI=1S/C18H20N3O/c22-18(20-13-11-19-12-14-20)21(17-9-5-2-6-10-17)15-16-7-3-1-4-8-16/h1-9,19H,11-15H2. The van der Waals surface area contributed by atoms with Gasteiger partial charge in [-0.3, -0.25) is 4.90 Å². The third kappa shape index (κ3) is 3.46. The molecule has 0 aromatic heterocycles. The summed E-state index contributed by atoms with van der Waals surface area (Å²) in [5.41, 5.74) is 1.93. The second-order valence-electron chi connectivity index (χ2n) is 5.34. The van der Waals surface area contributed by atoms with Gasteiger partial charge in [0.1, 0.15) is 0 Å². The van der Waals surface area contributed by atoms with Crippen molar-refractivity contribution in [2.75, 3.05) is 31.1 Å². The molecule has 3 rings (SSSR count). The SMILES string of the molecule is O=C(N1CCNCC1)N(Cc1ccccc1)c1[c]cccc1. The molecule has 2 amide bonds. The fraction of sp³-hybridized carbons (Fsp3) is 0.278. The number of amides is 2. The quantitative estimate of drug-likeness (QED) is 0.944. The maximum atomic E-state index is 12.9. The van der Waals surface area contributed by atoms with Gasteiger partial charge in [0.05, 0.1) is 12.2 Å². The van der Waals surface area contributed by atoms with E-state index in [2.05, 4.69) is 11.4 Å². The summed E-state index contributed by atoms with van der Waals surface area (Å²) in [4.78, 5) is 16.6. The van der Waals surface area contributed by atoms with Crippen LogP contribution in [0.4, 0.5) is 10.5 Å². The number of nitrogens with one attached hydrogen (secondary N) is 1. The van der Waals surface area contributed by atoms with Crippen LogP contribution in [0.3, 0.4) is 0 Å². The molecule has 1 fully saturated rings. The maximum absolute atomic E-state index is 12.9. The average Bonchev–Trinajstić information content (AvgIpc) is 2.61. The lowest BCUT2D eigenvalue weighted by atomic mass is 10.2. The Labute approximate surface area is 131 Å². The van der Waals surface area contributed by atoms with Gasteiger partial charge in [-0.15, -0.1) is 0 Å². The van der Waals surface area contributed by atoms with Gasteiger partial charge in [-0.2, -0.15) is 0 Å². The maximum Gasteiger partial charge on any atom is 0.324 e. The Morgan fingerprint density at radius 2 is 1.82 bits per heavy atom. The summed E-state index contributed by atoms with van der Waals surface area (Å²) in [6.45, 7) is 3.75. The zero-order valence-electron chi connectivity index (χ0n) is 12.5. The van der Waals surface area contributed by atoms with Crippen molar-refractivity contribution in [1.82, 2.24) is 10.2 Å². The Morgan fingerprint density at radius 3 is 2.50 bits per heavy atom. The van der Waals surface area contributed by atoms with Crippen LogP contribution in [0.25, 0.3) is 0 Å². The molecule has 4 heteroatoms. The van der Waals surface area contributed by atoms with Crippen LogP contribution in [-0.4, -0.2) is 37.1 Å². The van der Waals surface area contributed by atoms with E-state index in [1.54, 1.807) is 4.90 Å². The predicted octanol–water partition coefficient (Wildman–Crippen LogP) is 2.52. The number of carbonyl (C=O) groups is 1. The summed E-state index contributed by atoms with van der Waals surface area (Å²) in [7, 11) is 0. The lowest BCUT2D eigenvalue weighted by Gasteiger charge is -2.33. The topological polar surface area (TPSA) is 35.6 Å². The monoisotopic (exact) mass is 294 g/mol. The van der Waals surface area contributed by atoms with E-state index >= 15 is 0 Å². The molecular formula is C18H20N3O. The van der Waals surface area contributed by atoms with Crippen LogP contribution < -0.4 is 10.2 Å². The van der Waals surface area contributed by atoms with Crippen molar-refractivity contribution in [3.63, 3.8) is 0 Å². The minimum atomic E-state index is 0.0489. The summed E-state index contributed by atoms with van der Waals surface area (Å²) < 4.78 is 0. The summed E-state index contributed by atoms with van der Waals surface area (Å²) >= 11 is 0. The third-order valence-electron chi connectivity index (χ3n) is 3.79. The van der Waals surface area contributed by atoms with Gasteiger partial charge in [-0.05, 0) is 11.6 Å². The number of para-hydroxylation sites is 1. The molecule has 1 heterocycles. The fourth-order valence-corrected chi connectivity index (χ4v) is 2.60. The molecule has 0 aliphatic carbocycles. The first-order chi connectivity index (χ1) is 10.8. The average molecular weight is 294 g/mol. The number of carbonyl (C=O) groups excluding carboxylic acids is 1. The van der Waals surface area contributed by atoms with Crippen molar-refractivity contribution in [3.05, 3.63) is 66.2 Å². The number of benzene rings is 2. The first-order valence-electron chi connectivity index (χ1n) is 7.62. The highest BCUT2D eigenvalue weighted by Crippen LogP contribution is 2.18. The molecule has 0 unspecified atom stereocenters. The van der Waals surface area contributed by atoms with E-state index in [1.165, 1.54) is 0 Å². The molecule has 113 valence electrons. The molecular weight excluding hydrogens is 274 g/mol. The molecule has 0 atom stereocenters. The van der Waals surface area contributed by atoms with Gasteiger partial charge >= 0.3 is 6.03 Å². The van der Waals surface area contributed by atoms with Crippen LogP contribution in [0.5, 0.6) is 0 Å². The van der Waals surface area contributed by atoms with Crippen LogP contribution in [0.2, 0.25) is 0 Å². The highest BCUT2D eigenvalue weighted by Gasteiger charge is 2.23. The zero-order chi connectivity index (χ0) is 15.2. The molecule has 2 aromatic carbocycles. The molecule has 0 saturated carbocycles. The number of hydrogen-bond acceptors (Lipinski definition) is 2. The van der Waals surface area contributed by atoms with Crippen molar-refractivity contribution >= 4 is 11.7 Å². The first-order valence-corrected chi connectivity index (χ1v) is 7.62. The van der Waals surface area contributed by atoms with Crippen molar-refractivity contribution in [3.8, 4) is 0 Å². The number of rotatable bonds is 3. The Kier molecular flexibility index (Phi) is 4.71. The van der Waals surface area contributed by atoms with Crippen molar-refractivity contribution in [1.29, 1.82) is 0 Å². The molecule has 2 aromatic rings. The molecule has 1 aliphatic heterocycles. The Bertz CT molecular complexity index is 594. The number of nitrogens with zero attached hydrogens (tertiary/aromatic N) is 2. The number of anilines is 1. The number of piperazine rings is 1. The van der Waals surface area contributed by atoms with Gasteiger partial charge in [0.25, 0.3) is 0 Å². The summed E-state index contributed by atoms with van der Waals surface area (Å²) in [5.74, 6) is 0. The third-order valence-corrected chi connectivity index (χ3v) is 3.79. The van der Waals surface area contributed by atoms with E-state index < -0.39 is 0 Å². The fourth-order valence-electron chi connectivity index (χ4n) is 2.60. The molecule has 1 radical (unpaired) electrons. The molecule has 4 nitrogen and oxygen atoms in total. The highest BCUT2D eigenvalue weighted by atomic mass is 16.2. The van der Waals surface area contributed by atoms with Crippen molar-refractivity contribution in [2.24, 2.45) is 0 Å². The van der Waals surface area contributed by atoms with Crippen molar-refractivity contribution < 1.29 is 4.79 Å². The highest BCUT2D eigenvalue weighted by molar-refractivity contribution is 5.91. The molecule has 0 bridgehead atoms. The van der Waals surface area contributed by atoms with Gasteiger partial charge < -0.3 is 10.2 Å². The minimum Gasteiger partial charge on any atom is -0.322 e. The molecule has 1 aliphatic rings. The van der Waals surface area contributed by atoms with Gasteiger partial charge in [-0.1, -0.05) is 48.5 Å². The van der Waals surface area contributed by atoms with Crippen LogP contribution in [-0.2, 0) is 6.54 Å². The van der Waals surface area contributed by atoms with Gasteiger partial charge in [0, 0.05) is 32.2 Å². The number of hydrogen-bond donors (Lipinski definition) is 1. The van der Waals surface area contributed by atoms with E-state index in [0.717, 1.165) is 37.4 Å². The second kappa shape index (κ2) is 7.09. The Hall–Kier alpha value is -2.33. The number of urea groups is 1. The van der Waals surface area contributed by atoms with Crippen molar-refractivity contribution in [2.45, 2.75) is 6.54 Å². The molecule has 0 spiro atoms. The Balaban J connectivity index is 1.84. The first kappa shape index (κ1) is 14.6.